The topological polar surface area (TPSA) is 30.5 Å². The molecule has 2 rings (SSSR count). The van der Waals surface area contributed by atoms with E-state index in [2.05, 4.69) is 12.2 Å². The highest BCUT2D eigenvalue weighted by Crippen LogP contribution is 2.48. The van der Waals surface area contributed by atoms with Crippen molar-refractivity contribution in [2.75, 3.05) is 21.3 Å². The summed E-state index contributed by atoms with van der Waals surface area (Å²) in [5.41, 5.74) is 1.35. The maximum absolute atomic E-state index is 5.53. The Morgan fingerprint density at radius 2 is 1.83 bits per heavy atom. The summed E-state index contributed by atoms with van der Waals surface area (Å²) in [6.45, 7) is 2.31. The third-order valence-electron chi connectivity index (χ3n) is 4.18. The molecule has 0 spiro atoms. The molecule has 1 aromatic rings. The van der Waals surface area contributed by atoms with Gasteiger partial charge in [0.2, 0.25) is 0 Å². The maximum atomic E-state index is 5.53. The number of hydrogen-bond acceptors (Lipinski definition) is 3. The zero-order valence-electron chi connectivity index (χ0n) is 11.7. The highest BCUT2D eigenvalue weighted by molar-refractivity contribution is 5.50. The smallest absolute Gasteiger partial charge is 0.126 e. The van der Waals surface area contributed by atoms with Crippen LogP contribution in [0.3, 0.4) is 0 Å². The van der Waals surface area contributed by atoms with Crippen LogP contribution in [0.15, 0.2) is 18.2 Å². The fourth-order valence-corrected chi connectivity index (χ4v) is 3.16. The minimum absolute atomic E-state index is 0.131. The van der Waals surface area contributed by atoms with Gasteiger partial charge < -0.3 is 14.8 Å². The van der Waals surface area contributed by atoms with Gasteiger partial charge in [-0.2, -0.15) is 0 Å². The first kappa shape index (κ1) is 13.2. The summed E-state index contributed by atoms with van der Waals surface area (Å²) in [6.07, 6.45) is 3.49. The Morgan fingerprint density at radius 1 is 1.22 bits per heavy atom. The van der Waals surface area contributed by atoms with Crippen LogP contribution in [0.1, 0.15) is 31.7 Å². The van der Waals surface area contributed by atoms with Crippen molar-refractivity contribution in [3.63, 3.8) is 0 Å². The zero-order valence-corrected chi connectivity index (χ0v) is 11.7. The van der Waals surface area contributed by atoms with Crippen LogP contribution in [-0.4, -0.2) is 27.3 Å². The lowest BCUT2D eigenvalue weighted by molar-refractivity contribution is 0.352. The summed E-state index contributed by atoms with van der Waals surface area (Å²) in [5.74, 6) is 1.88. The molecule has 3 heteroatoms. The summed E-state index contributed by atoms with van der Waals surface area (Å²) < 4.78 is 11.1. The Labute approximate surface area is 109 Å². The minimum Gasteiger partial charge on any atom is -0.496 e. The van der Waals surface area contributed by atoms with Crippen molar-refractivity contribution >= 4 is 0 Å². The van der Waals surface area contributed by atoms with E-state index < -0.39 is 0 Å². The van der Waals surface area contributed by atoms with Crippen molar-refractivity contribution in [3.05, 3.63) is 23.8 Å². The van der Waals surface area contributed by atoms with Gasteiger partial charge in [-0.05, 0) is 38.4 Å². The number of ether oxygens (including phenoxy) is 2. The largest absolute Gasteiger partial charge is 0.496 e. The van der Waals surface area contributed by atoms with Gasteiger partial charge in [0.05, 0.1) is 14.2 Å². The summed E-state index contributed by atoms with van der Waals surface area (Å²) in [7, 11) is 5.49. The average molecular weight is 249 g/mol. The van der Waals surface area contributed by atoms with Crippen LogP contribution in [0.4, 0.5) is 0 Å². The van der Waals surface area contributed by atoms with Crippen LogP contribution >= 0.6 is 0 Å². The molecule has 0 amide bonds. The van der Waals surface area contributed by atoms with E-state index in [1.807, 2.05) is 25.2 Å². The third-order valence-corrected chi connectivity index (χ3v) is 4.18. The van der Waals surface area contributed by atoms with E-state index in [-0.39, 0.29) is 5.41 Å². The second-order valence-corrected chi connectivity index (χ2v) is 5.33. The monoisotopic (exact) mass is 249 g/mol. The summed E-state index contributed by atoms with van der Waals surface area (Å²) in [4.78, 5) is 0. The molecule has 0 radical (unpaired) electrons. The van der Waals surface area contributed by atoms with Crippen LogP contribution < -0.4 is 14.8 Å². The molecular weight excluding hydrogens is 226 g/mol. The first-order chi connectivity index (χ1) is 8.64. The molecule has 1 fully saturated rings. The lowest BCUT2D eigenvalue weighted by atomic mass is 9.79. The van der Waals surface area contributed by atoms with Gasteiger partial charge in [-0.1, -0.05) is 13.0 Å². The third kappa shape index (κ3) is 2.19. The van der Waals surface area contributed by atoms with Crippen LogP contribution in [0.5, 0.6) is 11.5 Å². The van der Waals surface area contributed by atoms with Crippen molar-refractivity contribution in [1.82, 2.24) is 5.32 Å². The van der Waals surface area contributed by atoms with E-state index in [4.69, 9.17) is 9.47 Å². The van der Waals surface area contributed by atoms with Crippen molar-refractivity contribution in [2.24, 2.45) is 0 Å². The first-order valence-corrected chi connectivity index (χ1v) is 6.53. The second-order valence-electron chi connectivity index (χ2n) is 5.33. The Kier molecular flexibility index (Phi) is 3.81. The van der Waals surface area contributed by atoms with E-state index in [1.54, 1.807) is 14.2 Å². The van der Waals surface area contributed by atoms with E-state index in [0.717, 1.165) is 24.3 Å². The van der Waals surface area contributed by atoms with E-state index in [0.29, 0.717) is 6.04 Å². The quantitative estimate of drug-likeness (QED) is 0.890. The number of benzene rings is 1. The van der Waals surface area contributed by atoms with Crippen molar-refractivity contribution in [3.8, 4) is 11.5 Å². The van der Waals surface area contributed by atoms with Crippen molar-refractivity contribution < 1.29 is 9.47 Å². The average Bonchev–Trinajstić information content (AvgIpc) is 2.80. The molecule has 2 unspecified atom stereocenters. The van der Waals surface area contributed by atoms with Gasteiger partial charge in [-0.25, -0.2) is 0 Å². The van der Waals surface area contributed by atoms with E-state index in [1.165, 1.54) is 12.0 Å². The fraction of sp³-hybridized carbons (Fsp3) is 0.600. The van der Waals surface area contributed by atoms with Gasteiger partial charge in [0.15, 0.2) is 0 Å². The van der Waals surface area contributed by atoms with Gasteiger partial charge in [0.1, 0.15) is 11.5 Å². The van der Waals surface area contributed by atoms with Crippen LogP contribution in [-0.2, 0) is 5.41 Å². The number of nitrogens with one attached hydrogen (secondary N) is 1. The predicted molar refractivity (Wildman–Crippen MR) is 73.6 cm³/mol. The van der Waals surface area contributed by atoms with Crippen LogP contribution in [0, 0.1) is 0 Å². The maximum Gasteiger partial charge on any atom is 0.126 e. The van der Waals surface area contributed by atoms with Crippen LogP contribution in [0.25, 0.3) is 0 Å². The Balaban J connectivity index is 2.43. The molecule has 0 heterocycles. The molecule has 1 aliphatic carbocycles. The lowest BCUT2D eigenvalue weighted by Gasteiger charge is -2.28. The molecule has 0 aliphatic heterocycles. The highest BCUT2D eigenvalue weighted by atomic mass is 16.5. The molecule has 0 saturated heterocycles. The van der Waals surface area contributed by atoms with E-state index >= 15 is 0 Å². The molecule has 0 aromatic heterocycles. The summed E-state index contributed by atoms with van der Waals surface area (Å²) in [6, 6.07) is 6.62. The fourth-order valence-electron chi connectivity index (χ4n) is 3.16. The van der Waals surface area contributed by atoms with Gasteiger partial charge in [-0.3, -0.25) is 0 Å². The summed E-state index contributed by atoms with van der Waals surface area (Å²) in [5, 5.41) is 3.38. The van der Waals surface area contributed by atoms with Crippen molar-refractivity contribution in [1.29, 1.82) is 0 Å². The van der Waals surface area contributed by atoms with Crippen LogP contribution in [0.2, 0.25) is 0 Å². The van der Waals surface area contributed by atoms with Gasteiger partial charge >= 0.3 is 0 Å². The zero-order chi connectivity index (χ0) is 13.2. The molecule has 1 aliphatic rings. The normalized spacial score (nSPS) is 27.2. The highest BCUT2D eigenvalue weighted by Gasteiger charge is 2.39. The standard InChI is InChI=1S/C15H23NO2/c1-15(9-8-11(10-15)16-2)14-12(17-3)6-5-7-13(14)18-4/h5-7,11,16H,8-10H2,1-4H3. The van der Waals surface area contributed by atoms with Gasteiger partial charge in [0.25, 0.3) is 0 Å². The van der Waals surface area contributed by atoms with Gasteiger partial charge in [-0.15, -0.1) is 0 Å². The van der Waals surface area contributed by atoms with E-state index in [9.17, 15) is 0 Å². The molecule has 1 aromatic carbocycles. The lowest BCUT2D eigenvalue weighted by Crippen LogP contribution is -2.26. The molecule has 1 saturated carbocycles. The van der Waals surface area contributed by atoms with Crippen molar-refractivity contribution in [2.45, 2.75) is 37.6 Å². The molecular formula is C15H23NO2. The molecule has 2 atom stereocenters. The molecule has 0 bridgehead atoms. The first-order valence-electron chi connectivity index (χ1n) is 6.53. The molecule has 100 valence electrons. The number of rotatable bonds is 4. The summed E-state index contributed by atoms with van der Waals surface area (Å²) >= 11 is 0. The SMILES string of the molecule is CNC1CCC(C)(c2c(OC)cccc2OC)C1. The Hall–Kier alpha value is -1.22. The minimum atomic E-state index is 0.131. The number of methoxy groups -OCH3 is 2. The Bertz CT molecular complexity index is 397. The predicted octanol–water partition coefficient (Wildman–Crippen LogP) is 2.73. The molecule has 3 nitrogen and oxygen atoms in total. The molecule has 18 heavy (non-hydrogen) atoms. The molecule has 1 N–H and O–H groups in total. The number of hydrogen-bond donors (Lipinski definition) is 1. The second kappa shape index (κ2) is 5.19. The van der Waals surface area contributed by atoms with Gasteiger partial charge in [0, 0.05) is 17.0 Å². The Morgan fingerprint density at radius 3 is 2.28 bits per heavy atom.